The van der Waals surface area contributed by atoms with E-state index in [1.54, 1.807) is 0 Å². The molecular formula is C16H9ClN2O6. The highest BCUT2D eigenvalue weighted by Crippen LogP contribution is 2.39. The first-order chi connectivity index (χ1) is 11.8. The van der Waals surface area contributed by atoms with Crippen molar-refractivity contribution in [3.63, 3.8) is 0 Å². The second-order valence-corrected chi connectivity index (χ2v) is 5.61. The number of hydrogen-bond acceptors (Lipinski definition) is 5. The van der Waals surface area contributed by atoms with Crippen LogP contribution in [0.4, 0.5) is 5.69 Å². The Hall–Kier alpha value is -3.39. The lowest BCUT2D eigenvalue weighted by molar-refractivity contribution is -0.385. The van der Waals surface area contributed by atoms with Crippen molar-refractivity contribution < 1.29 is 19.9 Å². The molecule has 0 saturated heterocycles. The third kappa shape index (κ3) is 2.79. The molecule has 0 spiro atoms. The summed E-state index contributed by atoms with van der Waals surface area (Å²) in [5.41, 5.74) is -0.805. The van der Waals surface area contributed by atoms with Gasteiger partial charge in [0.2, 0.25) is 11.2 Å². The van der Waals surface area contributed by atoms with Crippen molar-refractivity contribution in [1.29, 1.82) is 0 Å². The number of pyridine rings is 1. The van der Waals surface area contributed by atoms with Crippen LogP contribution in [0.3, 0.4) is 0 Å². The molecule has 0 aliphatic heterocycles. The van der Waals surface area contributed by atoms with Crippen molar-refractivity contribution in [1.82, 2.24) is 4.98 Å². The van der Waals surface area contributed by atoms with Crippen LogP contribution in [0.5, 0.6) is 5.75 Å². The van der Waals surface area contributed by atoms with Gasteiger partial charge in [-0.15, -0.1) is 0 Å². The minimum Gasteiger partial charge on any atom is -0.502 e. The first-order valence-electron chi connectivity index (χ1n) is 6.85. The van der Waals surface area contributed by atoms with Gasteiger partial charge >= 0.3 is 11.7 Å². The van der Waals surface area contributed by atoms with Crippen molar-refractivity contribution in [2.75, 3.05) is 0 Å². The van der Waals surface area contributed by atoms with Gasteiger partial charge in [0, 0.05) is 33.8 Å². The number of aromatic carboxylic acids is 1. The Morgan fingerprint density at radius 2 is 1.96 bits per heavy atom. The van der Waals surface area contributed by atoms with E-state index in [1.807, 2.05) is 0 Å². The molecule has 3 aromatic rings. The van der Waals surface area contributed by atoms with E-state index in [0.717, 1.165) is 12.3 Å². The van der Waals surface area contributed by atoms with Crippen LogP contribution in [0.1, 0.15) is 10.4 Å². The molecule has 0 aliphatic carbocycles. The Morgan fingerprint density at radius 1 is 1.24 bits per heavy atom. The summed E-state index contributed by atoms with van der Waals surface area (Å²) in [6.45, 7) is 0. The number of carbonyl (C=O) groups is 1. The number of benzene rings is 2. The number of H-pyrrole nitrogens is 1. The van der Waals surface area contributed by atoms with E-state index >= 15 is 0 Å². The second kappa shape index (κ2) is 5.91. The fourth-order valence-corrected chi connectivity index (χ4v) is 2.71. The van der Waals surface area contributed by atoms with Crippen molar-refractivity contribution in [3.8, 4) is 16.9 Å². The fraction of sp³-hybridized carbons (Fsp3) is 0. The number of nitro groups is 1. The summed E-state index contributed by atoms with van der Waals surface area (Å²) in [6.07, 6.45) is 1.07. The molecule has 0 aliphatic rings. The highest BCUT2D eigenvalue weighted by molar-refractivity contribution is 6.31. The van der Waals surface area contributed by atoms with Gasteiger partial charge in [-0.25, -0.2) is 4.79 Å². The van der Waals surface area contributed by atoms with E-state index in [0.29, 0.717) is 11.1 Å². The number of hydrogen-bond donors (Lipinski definition) is 3. The van der Waals surface area contributed by atoms with Crippen molar-refractivity contribution >= 4 is 34.2 Å². The molecule has 8 nitrogen and oxygen atoms in total. The Morgan fingerprint density at radius 3 is 2.60 bits per heavy atom. The van der Waals surface area contributed by atoms with Gasteiger partial charge < -0.3 is 15.2 Å². The maximum atomic E-state index is 12.1. The van der Waals surface area contributed by atoms with Crippen LogP contribution >= 0.6 is 11.6 Å². The summed E-state index contributed by atoms with van der Waals surface area (Å²) < 4.78 is 0. The fourth-order valence-electron chi connectivity index (χ4n) is 2.49. The zero-order valence-electron chi connectivity index (χ0n) is 12.3. The average Bonchev–Trinajstić information content (AvgIpc) is 2.56. The predicted molar refractivity (Wildman–Crippen MR) is 90.3 cm³/mol. The second-order valence-electron chi connectivity index (χ2n) is 5.18. The number of halogens is 1. The highest BCUT2D eigenvalue weighted by Gasteiger charge is 2.20. The molecule has 1 heterocycles. The van der Waals surface area contributed by atoms with Gasteiger partial charge in [0.15, 0.2) is 0 Å². The van der Waals surface area contributed by atoms with Gasteiger partial charge in [-0.05, 0) is 23.8 Å². The molecule has 3 rings (SSSR count). The number of rotatable bonds is 3. The van der Waals surface area contributed by atoms with Crippen LogP contribution in [0.25, 0.3) is 22.0 Å². The SMILES string of the molecule is O=C(O)c1c[nH]c2cc(-c3cc(Cl)cc([N+](=O)[O-])c3O)ccc2c1=O. The Kier molecular flexibility index (Phi) is 3.90. The molecule has 0 bridgehead atoms. The van der Waals surface area contributed by atoms with Crippen LogP contribution < -0.4 is 5.43 Å². The zero-order valence-corrected chi connectivity index (χ0v) is 13.1. The minimum atomic E-state index is -1.35. The van der Waals surface area contributed by atoms with Crippen LogP contribution in [0, 0.1) is 10.1 Å². The number of aromatic amines is 1. The average molecular weight is 361 g/mol. The quantitative estimate of drug-likeness (QED) is 0.485. The van der Waals surface area contributed by atoms with Gasteiger partial charge in [-0.3, -0.25) is 14.9 Å². The van der Waals surface area contributed by atoms with Crippen molar-refractivity contribution in [3.05, 3.63) is 67.5 Å². The number of nitrogens with one attached hydrogen (secondary N) is 1. The van der Waals surface area contributed by atoms with E-state index in [9.17, 15) is 24.8 Å². The monoisotopic (exact) mass is 360 g/mol. The topological polar surface area (TPSA) is 134 Å². The van der Waals surface area contributed by atoms with Gasteiger partial charge in [-0.2, -0.15) is 0 Å². The summed E-state index contributed by atoms with van der Waals surface area (Å²) in [5, 5.41) is 30.3. The number of nitrogens with zero attached hydrogens (tertiary/aromatic N) is 1. The molecule has 0 fully saturated rings. The molecule has 0 saturated carbocycles. The smallest absolute Gasteiger partial charge is 0.341 e. The maximum absolute atomic E-state index is 12.1. The number of aromatic hydroxyl groups is 1. The Labute approximate surface area is 144 Å². The molecule has 0 unspecified atom stereocenters. The highest BCUT2D eigenvalue weighted by atomic mass is 35.5. The standard InChI is InChI=1S/C16H9ClN2O6/c17-8-4-10(15(21)13(5-8)19(24)25)7-1-2-9-12(3-7)18-6-11(14(9)20)16(22)23/h1-6,21H,(H,18,20)(H,22,23). The third-order valence-corrected chi connectivity index (χ3v) is 3.89. The molecular weight excluding hydrogens is 352 g/mol. The number of fused-ring (bicyclic) bond motifs is 1. The summed E-state index contributed by atoms with van der Waals surface area (Å²) in [7, 11) is 0. The van der Waals surface area contributed by atoms with Crippen LogP contribution in [-0.2, 0) is 0 Å². The normalized spacial score (nSPS) is 10.8. The van der Waals surface area contributed by atoms with Crippen molar-refractivity contribution in [2.24, 2.45) is 0 Å². The van der Waals surface area contributed by atoms with E-state index in [2.05, 4.69) is 4.98 Å². The third-order valence-electron chi connectivity index (χ3n) is 3.67. The van der Waals surface area contributed by atoms with E-state index in [4.69, 9.17) is 16.7 Å². The van der Waals surface area contributed by atoms with Crippen molar-refractivity contribution in [2.45, 2.75) is 0 Å². The lowest BCUT2D eigenvalue weighted by atomic mass is 10.0. The molecule has 25 heavy (non-hydrogen) atoms. The summed E-state index contributed by atoms with van der Waals surface area (Å²) >= 11 is 5.88. The van der Waals surface area contributed by atoms with Gasteiger partial charge in [0.05, 0.1) is 4.92 Å². The summed E-state index contributed by atoms with van der Waals surface area (Å²) in [6, 6.07) is 6.68. The maximum Gasteiger partial charge on any atom is 0.341 e. The number of phenolic OH excluding ortho intramolecular Hbond substituents is 1. The first-order valence-corrected chi connectivity index (χ1v) is 7.23. The zero-order chi connectivity index (χ0) is 18.3. The molecule has 9 heteroatoms. The number of nitro benzene ring substituents is 1. The molecule has 3 N–H and O–H groups in total. The number of phenols is 1. The van der Waals surface area contributed by atoms with Crippen LogP contribution in [0.15, 0.2) is 41.3 Å². The molecule has 0 amide bonds. The molecule has 0 radical (unpaired) electrons. The summed E-state index contributed by atoms with van der Waals surface area (Å²) in [5.74, 6) is -1.91. The number of aromatic nitrogens is 1. The molecule has 2 aromatic carbocycles. The lowest BCUT2D eigenvalue weighted by Gasteiger charge is -2.08. The van der Waals surface area contributed by atoms with Gasteiger partial charge in [-0.1, -0.05) is 17.7 Å². The van der Waals surface area contributed by atoms with E-state index in [-0.39, 0.29) is 16.0 Å². The Bertz CT molecular complexity index is 1110. The van der Waals surface area contributed by atoms with E-state index < -0.39 is 33.3 Å². The lowest BCUT2D eigenvalue weighted by Crippen LogP contribution is -2.15. The summed E-state index contributed by atoms with van der Waals surface area (Å²) in [4.78, 5) is 36.1. The first kappa shape index (κ1) is 16.5. The molecule has 1 aromatic heterocycles. The van der Waals surface area contributed by atoms with Crippen LogP contribution in [-0.4, -0.2) is 26.1 Å². The predicted octanol–water partition coefficient (Wildman–Crippen LogP) is 3.16. The number of carboxylic acids is 1. The van der Waals surface area contributed by atoms with Crippen LogP contribution in [0.2, 0.25) is 5.02 Å². The largest absolute Gasteiger partial charge is 0.502 e. The molecule has 126 valence electrons. The Balaban J connectivity index is 2.25. The minimum absolute atomic E-state index is 0.0642. The van der Waals surface area contributed by atoms with Gasteiger partial charge in [0.25, 0.3) is 0 Å². The molecule has 0 atom stereocenters. The van der Waals surface area contributed by atoms with Gasteiger partial charge in [0.1, 0.15) is 5.56 Å². The van der Waals surface area contributed by atoms with E-state index in [1.165, 1.54) is 24.3 Å². The number of carboxylic acid groups (broad SMARTS) is 1.